The molecule has 3 aromatic rings. The third kappa shape index (κ3) is 4.60. The fraction of sp³-hybridized carbons (Fsp3) is 0.190. The Morgan fingerprint density at radius 3 is 2.68 bits per heavy atom. The number of hydrogen-bond acceptors (Lipinski definition) is 4. The highest BCUT2D eigenvalue weighted by Gasteiger charge is 2.14. The molecule has 5 nitrogen and oxygen atoms in total. The van der Waals surface area contributed by atoms with Gasteiger partial charge in [0.2, 0.25) is 5.91 Å². The van der Waals surface area contributed by atoms with E-state index in [1.807, 2.05) is 13.0 Å². The number of halogens is 2. The van der Waals surface area contributed by atoms with Crippen LogP contribution >= 0.6 is 0 Å². The predicted molar refractivity (Wildman–Crippen MR) is 97.9 cm³/mol. The molecule has 1 aromatic heterocycles. The third-order valence-corrected chi connectivity index (χ3v) is 4.23. The molecule has 0 aliphatic carbocycles. The number of carbonyl (C=O) groups is 1. The van der Waals surface area contributed by atoms with E-state index in [9.17, 15) is 13.6 Å². The van der Waals surface area contributed by atoms with Crippen LogP contribution < -0.4 is 5.32 Å². The SMILES string of the molecule is CC(NC(=O)CCc1ncc(-c2ccc(F)cc2F)o1)c1ccc(C#N)cc1. The normalized spacial score (nSPS) is 11.6. The largest absolute Gasteiger partial charge is 0.441 e. The zero-order chi connectivity index (χ0) is 20.1. The van der Waals surface area contributed by atoms with Crippen LogP contribution in [0.4, 0.5) is 8.78 Å². The van der Waals surface area contributed by atoms with Gasteiger partial charge in [-0.15, -0.1) is 0 Å². The molecule has 0 saturated carbocycles. The van der Waals surface area contributed by atoms with Crippen LogP contribution in [0.3, 0.4) is 0 Å². The fourth-order valence-corrected chi connectivity index (χ4v) is 2.70. The number of carbonyl (C=O) groups excluding carboxylic acids is 1. The minimum atomic E-state index is -0.739. The summed E-state index contributed by atoms with van der Waals surface area (Å²) in [4.78, 5) is 16.2. The van der Waals surface area contributed by atoms with Gasteiger partial charge in [-0.25, -0.2) is 13.8 Å². The first kappa shape index (κ1) is 19.2. The molecule has 3 rings (SSSR count). The summed E-state index contributed by atoms with van der Waals surface area (Å²) in [7, 11) is 0. The fourth-order valence-electron chi connectivity index (χ4n) is 2.70. The molecule has 1 heterocycles. The van der Waals surface area contributed by atoms with Gasteiger partial charge in [-0.2, -0.15) is 5.26 Å². The molecular formula is C21H17F2N3O2. The second kappa shape index (κ2) is 8.44. The summed E-state index contributed by atoms with van der Waals surface area (Å²) in [5.41, 5.74) is 1.55. The van der Waals surface area contributed by atoms with E-state index in [2.05, 4.69) is 10.3 Å². The van der Waals surface area contributed by atoms with E-state index in [1.54, 1.807) is 24.3 Å². The van der Waals surface area contributed by atoms with Crippen LogP contribution in [0.15, 0.2) is 53.1 Å². The van der Waals surface area contributed by atoms with E-state index in [1.165, 1.54) is 12.3 Å². The van der Waals surface area contributed by atoms with Gasteiger partial charge >= 0.3 is 0 Å². The maximum absolute atomic E-state index is 13.8. The van der Waals surface area contributed by atoms with Gasteiger partial charge in [0.15, 0.2) is 11.7 Å². The van der Waals surface area contributed by atoms with E-state index in [4.69, 9.17) is 9.68 Å². The number of rotatable bonds is 6. The lowest BCUT2D eigenvalue weighted by molar-refractivity contribution is -0.121. The molecule has 0 bridgehead atoms. The second-order valence-electron chi connectivity index (χ2n) is 6.27. The molecular weight excluding hydrogens is 364 g/mol. The lowest BCUT2D eigenvalue weighted by Crippen LogP contribution is -2.26. The van der Waals surface area contributed by atoms with Crippen molar-refractivity contribution in [1.82, 2.24) is 10.3 Å². The van der Waals surface area contributed by atoms with Crippen molar-refractivity contribution in [3.8, 4) is 17.4 Å². The summed E-state index contributed by atoms with van der Waals surface area (Å²) in [5, 5.41) is 11.7. The number of nitrogens with one attached hydrogen (secondary N) is 1. The number of hydrogen-bond donors (Lipinski definition) is 1. The third-order valence-electron chi connectivity index (χ3n) is 4.23. The maximum atomic E-state index is 13.8. The lowest BCUT2D eigenvalue weighted by Gasteiger charge is -2.14. The molecule has 2 aromatic carbocycles. The summed E-state index contributed by atoms with van der Waals surface area (Å²) in [6.45, 7) is 1.85. The van der Waals surface area contributed by atoms with Gasteiger partial charge < -0.3 is 9.73 Å². The highest BCUT2D eigenvalue weighted by Crippen LogP contribution is 2.24. The number of aryl methyl sites for hydroxylation is 1. The number of oxazole rings is 1. The molecule has 1 atom stereocenters. The monoisotopic (exact) mass is 381 g/mol. The number of aromatic nitrogens is 1. The van der Waals surface area contributed by atoms with E-state index in [0.29, 0.717) is 11.5 Å². The summed E-state index contributed by atoms with van der Waals surface area (Å²) in [5.74, 6) is -1.13. The van der Waals surface area contributed by atoms with Gasteiger partial charge in [0.1, 0.15) is 11.6 Å². The number of amides is 1. The topological polar surface area (TPSA) is 78.9 Å². The van der Waals surface area contributed by atoms with Gasteiger partial charge in [0, 0.05) is 18.9 Å². The smallest absolute Gasteiger partial charge is 0.220 e. The van der Waals surface area contributed by atoms with Gasteiger partial charge in [-0.3, -0.25) is 4.79 Å². The van der Waals surface area contributed by atoms with E-state index in [-0.39, 0.29) is 36.1 Å². The Balaban J connectivity index is 1.56. The van der Waals surface area contributed by atoms with Crippen molar-refractivity contribution < 1.29 is 18.0 Å². The van der Waals surface area contributed by atoms with Gasteiger partial charge in [0.25, 0.3) is 0 Å². The summed E-state index contributed by atoms with van der Waals surface area (Å²) >= 11 is 0. The maximum Gasteiger partial charge on any atom is 0.220 e. The molecule has 28 heavy (non-hydrogen) atoms. The van der Waals surface area contributed by atoms with Gasteiger partial charge in [0.05, 0.1) is 29.4 Å². The van der Waals surface area contributed by atoms with Crippen LogP contribution in [-0.2, 0) is 11.2 Å². The van der Waals surface area contributed by atoms with Gasteiger partial charge in [-0.1, -0.05) is 12.1 Å². The first-order chi connectivity index (χ1) is 13.5. The Hall–Kier alpha value is -3.53. The molecule has 0 fully saturated rings. The average Bonchev–Trinajstić information content (AvgIpc) is 3.15. The Kier molecular flexibility index (Phi) is 5.80. The molecule has 0 aliphatic heterocycles. The first-order valence-corrected chi connectivity index (χ1v) is 8.66. The van der Waals surface area contributed by atoms with Crippen molar-refractivity contribution in [3.05, 3.63) is 77.3 Å². The minimum Gasteiger partial charge on any atom is -0.441 e. The highest BCUT2D eigenvalue weighted by atomic mass is 19.1. The number of benzene rings is 2. The predicted octanol–water partition coefficient (Wildman–Crippen LogP) is 4.30. The Morgan fingerprint density at radius 2 is 2.00 bits per heavy atom. The van der Waals surface area contributed by atoms with Crippen molar-refractivity contribution in [3.63, 3.8) is 0 Å². The summed E-state index contributed by atoms with van der Waals surface area (Å²) in [6, 6.07) is 12.0. The zero-order valence-electron chi connectivity index (χ0n) is 15.1. The van der Waals surface area contributed by atoms with Crippen molar-refractivity contribution in [2.24, 2.45) is 0 Å². The highest BCUT2D eigenvalue weighted by molar-refractivity contribution is 5.76. The average molecular weight is 381 g/mol. The zero-order valence-corrected chi connectivity index (χ0v) is 15.1. The molecule has 1 amide bonds. The van der Waals surface area contributed by atoms with Gasteiger partial charge in [-0.05, 0) is 36.8 Å². The molecule has 1 N–H and O–H groups in total. The first-order valence-electron chi connectivity index (χ1n) is 8.66. The quantitative estimate of drug-likeness (QED) is 0.690. The molecule has 7 heteroatoms. The van der Waals surface area contributed by atoms with Crippen molar-refractivity contribution >= 4 is 5.91 Å². The van der Waals surface area contributed by atoms with Crippen LogP contribution in [0.1, 0.15) is 36.4 Å². The molecule has 0 spiro atoms. The van der Waals surface area contributed by atoms with Crippen LogP contribution in [0.25, 0.3) is 11.3 Å². The van der Waals surface area contributed by atoms with Crippen molar-refractivity contribution in [2.75, 3.05) is 0 Å². The molecule has 1 unspecified atom stereocenters. The number of nitrogens with zero attached hydrogens (tertiary/aromatic N) is 2. The Morgan fingerprint density at radius 1 is 1.25 bits per heavy atom. The van der Waals surface area contributed by atoms with Crippen LogP contribution in [-0.4, -0.2) is 10.9 Å². The van der Waals surface area contributed by atoms with Crippen LogP contribution in [0.5, 0.6) is 0 Å². The number of nitriles is 1. The van der Waals surface area contributed by atoms with Crippen molar-refractivity contribution in [1.29, 1.82) is 5.26 Å². The molecule has 0 saturated heterocycles. The Bertz CT molecular complexity index is 1020. The Labute approximate surface area is 160 Å². The minimum absolute atomic E-state index is 0.110. The summed E-state index contributed by atoms with van der Waals surface area (Å²) in [6.07, 6.45) is 1.74. The van der Waals surface area contributed by atoms with Crippen molar-refractivity contribution in [2.45, 2.75) is 25.8 Å². The second-order valence-corrected chi connectivity index (χ2v) is 6.27. The summed E-state index contributed by atoms with van der Waals surface area (Å²) < 4.78 is 32.3. The lowest BCUT2D eigenvalue weighted by atomic mass is 10.1. The van der Waals surface area contributed by atoms with Crippen LogP contribution in [0.2, 0.25) is 0 Å². The van der Waals surface area contributed by atoms with Crippen LogP contribution in [0, 0.1) is 23.0 Å². The molecule has 0 radical (unpaired) electrons. The van der Waals surface area contributed by atoms with E-state index >= 15 is 0 Å². The van der Waals surface area contributed by atoms with E-state index in [0.717, 1.165) is 17.7 Å². The molecule has 142 valence electrons. The van der Waals surface area contributed by atoms with E-state index < -0.39 is 11.6 Å². The standard InChI is InChI=1S/C21H17F2N3O2/c1-13(15-4-2-14(11-24)3-5-15)26-20(27)8-9-21-25-12-19(28-21)17-7-6-16(22)10-18(17)23/h2-7,10,12-13H,8-9H2,1H3,(H,26,27). The molecule has 0 aliphatic rings.